The zero-order valence-electron chi connectivity index (χ0n) is 22.9. The van der Waals surface area contributed by atoms with Crippen LogP contribution in [0.25, 0.3) is 22.2 Å². The SMILES string of the molecule is COCc1[nH]cc(C(=O)Cc2ccc(Oc3ccnc4cc(OC)c(OC)nc34)c(F)c2)c(=O)c1-c1ccc(F)cc1. The van der Waals surface area contributed by atoms with Gasteiger partial charge in [-0.1, -0.05) is 18.2 Å². The first-order valence-electron chi connectivity index (χ1n) is 12.7. The Morgan fingerprint density at radius 3 is 2.40 bits per heavy atom. The quantitative estimate of drug-likeness (QED) is 0.214. The van der Waals surface area contributed by atoms with E-state index >= 15 is 4.39 Å². The van der Waals surface area contributed by atoms with Crippen molar-refractivity contribution in [1.82, 2.24) is 15.0 Å². The number of carbonyl (C=O) groups is 1. The van der Waals surface area contributed by atoms with Crippen LogP contribution in [0, 0.1) is 11.6 Å². The summed E-state index contributed by atoms with van der Waals surface area (Å²) in [5.74, 6) is -0.977. The number of hydrogen-bond donors (Lipinski definition) is 1. The predicted molar refractivity (Wildman–Crippen MR) is 150 cm³/mol. The minimum Gasteiger partial charge on any atom is -0.491 e. The van der Waals surface area contributed by atoms with Crippen LogP contribution in [0.15, 0.2) is 71.8 Å². The minimum atomic E-state index is -0.720. The van der Waals surface area contributed by atoms with Crippen molar-refractivity contribution in [1.29, 1.82) is 0 Å². The number of carbonyl (C=O) groups excluding carboxylic acids is 1. The third-order valence-electron chi connectivity index (χ3n) is 6.49. The zero-order valence-corrected chi connectivity index (χ0v) is 22.9. The highest BCUT2D eigenvalue weighted by Crippen LogP contribution is 2.34. The fourth-order valence-corrected chi connectivity index (χ4v) is 4.48. The average molecular weight is 574 g/mol. The van der Waals surface area contributed by atoms with Crippen LogP contribution in [-0.4, -0.2) is 42.1 Å². The van der Waals surface area contributed by atoms with Gasteiger partial charge in [0.15, 0.2) is 28.8 Å². The summed E-state index contributed by atoms with van der Waals surface area (Å²) in [6.07, 6.45) is 2.56. The largest absolute Gasteiger partial charge is 0.491 e. The summed E-state index contributed by atoms with van der Waals surface area (Å²) in [7, 11) is 4.39. The molecular formula is C31H25F2N3O6. The molecule has 42 heavy (non-hydrogen) atoms. The Hall–Kier alpha value is -5.16. The number of pyridine rings is 3. The van der Waals surface area contributed by atoms with Gasteiger partial charge in [0.2, 0.25) is 5.43 Å². The van der Waals surface area contributed by atoms with Crippen LogP contribution in [0.1, 0.15) is 21.6 Å². The fraction of sp³-hybridized carbons (Fsp3) is 0.161. The summed E-state index contributed by atoms with van der Waals surface area (Å²) in [4.78, 5) is 38.2. The van der Waals surface area contributed by atoms with Crippen molar-refractivity contribution >= 4 is 16.8 Å². The molecule has 3 aromatic heterocycles. The van der Waals surface area contributed by atoms with Crippen LogP contribution in [0.3, 0.4) is 0 Å². The maximum absolute atomic E-state index is 15.2. The molecule has 0 aliphatic rings. The second-order valence-electron chi connectivity index (χ2n) is 9.17. The number of nitrogens with one attached hydrogen (secondary N) is 1. The van der Waals surface area contributed by atoms with Crippen molar-refractivity contribution in [3.05, 3.63) is 106 Å². The first-order chi connectivity index (χ1) is 20.3. The molecule has 5 rings (SSSR count). The molecule has 0 bridgehead atoms. The molecule has 0 spiro atoms. The van der Waals surface area contributed by atoms with E-state index in [4.69, 9.17) is 18.9 Å². The Morgan fingerprint density at radius 1 is 0.929 bits per heavy atom. The molecule has 0 saturated carbocycles. The highest BCUT2D eigenvalue weighted by Gasteiger charge is 2.20. The number of halogens is 2. The first-order valence-corrected chi connectivity index (χ1v) is 12.7. The lowest BCUT2D eigenvalue weighted by Crippen LogP contribution is -2.21. The normalized spacial score (nSPS) is 11.0. The Balaban J connectivity index is 1.41. The molecule has 5 aromatic rings. The summed E-state index contributed by atoms with van der Waals surface area (Å²) in [6.45, 7) is 0.0751. The Bertz CT molecular complexity index is 1840. The molecule has 0 fully saturated rings. The number of aromatic amines is 1. The third-order valence-corrected chi connectivity index (χ3v) is 6.49. The lowest BCUT2D eigenvalue weighted by atomic mass is 9.97. The topological polar surface area (TPSA) is 113 Å². The number of H-pyrrole nitrogens is 1. The van der Waals surface area contributed by atoms with E-state index in [0.717, 1.165) is 0 Å². The molecule has 9 nitrogen and oxygen atoms in total. The molecule has 0 saturated heterocycles. The minimum absolute atomic E-state index is 0.0751. The summed E-state index contributed by atoms with van der Waals surface area (Å²) >= 11 is 0. The van der Waals surface area contributed by atoms with Crippen LogP contribution in [0.2, 0.25) is 0 Å². The number of fused-ring (bicyclic) bond motifs is 1. The van der Waals surface area contributed by atoms with Gasteiger partial charge in [-0.25, -0.2) is 13.8 Å². The van der Waals surface area contributed by atoms with Crippen molar-refractivity contribution in [2.45, 2.75) is 13.0 Å². The predicted octanol–water partition coefficient (Wildman–Crippen LogP) is 5.64. The van der Waals surface area contributed by atoms with Gasteiger partial charge in [-0.05, 0) is 35.4 Å². The van der Waals surface area contributed by atoms with E-state index in [9.17, 15) is 14.0 Å². The number of methoxy groups -OCH3 is 3. The Morgan fingerprint density at radius 2 is 1.71 bits per heavy atom. The van der Waals surface area contributed by atoms with Gasteiger partial charge in [-0.2, -0.15) is 0 Å². The third kappa shape index (κ3) is 5.68. The molecule has 0 radical (unpaired) electrons. The maximum Gasteiger partial charge on any atom is 0.257 e. The molecule has 0 atom stereocenters. The van der Waals surface area contributed by atoms with E-state index in [1.54, 1.807) is 6.07 Å². The average Bonchev–Trinajstić information content (AvgIpc) is 2.99. The molecule has 0 aliphatic carbocycles. The van der Waals surface area contributed by atoms with Crippen molar-refractivity contribution in [3.63, 3.8) is 0 Å². The summed E-state index contributed by atoms with van der Waals surface area (Å²) in [5.41, 5.74) is 1.53. The number of ether oxygens (including phenoxy) is 4. The lowest BCUT2D eigenvalue weighted by Gasteiger charge is -2.12. The smallest absolute Gasteiger partial charge is 0.257 e. The monoisotopic (exact) mass is 573 g/mol. The standard InChI is InChI=1S/C31H25F2N3O6/c1-39-16-23-28(18-5-7-19(32)8-6-18)30(38)20(15-35-23)24(37)13-17-4-9-25(21(33)12-17)42-26-10-11-34-22-14-27(40-2)31(41-3)36-29(22)26/h4-12,14-15H,13,16H2,1-3H3,(H,35,38). The van der Waals surface area contributed by atoms with E-state index in [1.165, 1.54) is 82.3 Å². The highest BCUT2D eigenvalue weighted by atomic mass is 19.1. The van der Waals surface area contributed by atoms with E-state index in [1.807, 2.05) is 0 Å². The van der Waals surface area contributed by atoms with Gasteiger partial charge in [0.25, 0.3) is 5.88 Å². The summed E-state index contributed by atoms with van der Waals surface area (Å²) in [5, 5.41) is 0. The zero-order chi connectivity index (χ0) is 29.8. The van der Waals surface area contributed by atoms with Crippen LogP contribution in [0.4, 0.5) is 8.78 Å². The van der Waals surface area contributed by atoms with Gasteiger partial charge in [0.1, 0.15) is 11.3 Å². The number of hydrogen-bond acceptors (Lipinski definition) is 8. The van der Waals surface area contributed by atoms with Crippen molar-refractivity contribution in [3.8, 4) is 34.3 Å². The number of nitrogens with zero attached hydrogens (tertiary/aromatic N) is 2. The number of aromatic nitrogens is 3. The van der Waals surface area contributed by atoms with Gasteiger partial charge < -0.3 is 23.9 Å². The van der Waals surface area contributed by atoms with Crippen LogP contribution in [0.5, 0.6) is 23.1 Å². The highest BCUT2D eigenvalue weighted by molar-refractivity contribution is 5.98. The van der Waals surface area contributed by atoms with E-state index in [0.29, 0.717) is 33.6 Å². The summed E-state index contributed by atoms with van der Waals surface area (Å²) in [6, 6.07) is 12.6. The lowest BCUT2D eigenvalue weighted by molar-refractivity contribution is 0.0991. The van der Waals surface area contributed by atoms with Crippen molar-refractivity contribution in [2.24, 2.45) is 0 Å². The van der Waals surface area contributed by atoms with Crippen molar-refractivity contribution < 1.29 is 32.5 Å². The molecule has 214 valence electrons. The molecule has 1 N–H and O–H groups in total. The molecule has 2 aromatic carbocycles. The van der Waals surface area contributed by atoms with E-state index < -0.39 is 22.8 Å². The fourth-order valence-electron chi connectivity index (χ4n) is 4.48. The van der Waals surface area contributed by atoms with E-state index in [2.05, 4.69) is 15.0 Å². The second kappa shape index (κ2) is 12.1. The van der Waals surface area contributed by atoms with Gasteiger partial charge in [0.05, 0.1) is 43.2 Å². The first kappa shape index (κ1) is 28.4. The van der Waals surface area contributed by atoms with Crippen LogP contribution in [-0.2, 0) is 17.8 Å². The molecule has 3 heterocycles. The Labute approximate surface area is 238 Å². The van der Waals surface area contributed by atoms with Gasteiger partial charge in [-0.3, -0.25) is 14.6 Å². The van der Waals surface area contributed by atoms with Gasteiger partial charge in [-0.15, -0.1) is 0 Å². The number of ketones is 1. The molecule has 0 amide bonds. The van der Waals surface area contributed by atoms with Crippen LogP contribution < -0.4 is 19.6 Å². The molecule has 11 heteroatoms. The molecule has 0 aliphatic heterocycles. The van der Waals surface area contributed by atoms with Gasteiger partial charge in [0, 0.05) is 38.1 Å². The van der Waals surface area contributed by atoms with Gasteiger partial charge >= 0.3 is 0 Å². The number of benzene rings is 2. The Kier molecular flexibility index (Phi) is 8.21. The molecular weight excluding hydrogens is 548 g/mol. The molecule has 0 unspecified atom stereocenters. The van der Waals surface area contributed by atoms with Crippen molar-refractivity contribution in [2.75, 3.05) is 21.3 Å². The van der Waals surface area contributed by atoms with Crippen LogP contribution >= 0.6 is 0 Å². The maximum atomic E-state index is 15.2. The van der Waals surface area contributed by atoms with E-state index in [-0.39, 0.29) is 41.5 Å². The number of Topliss-reactive ketones (excluding diaryl/α,β-unsaturated/α-hetero) is 1. The summed E-state index contributed by atoms with van der Waals surface area (Å²) < 4.78 is 50.2. The number of rotatable bonds is 10. The second-order valence-corrected chi connectivity index (χ2v) is 9.17.